The van der Waals surface area contributed by atoms with Crippen molar-refractivity contribution in [3.05, 3.63) is 62.8 Å². The summed E-state index contributed by atoms with van der Waals surface area (Å²) in [5, 5.41) is 2.90. The summed E-state index contributed by atoms with van der Waals surface area (Å²) in [6.07, 6.45) is 0. The number of nitrogens with one attached hydrogen (secondary N) is 1. The van der Waals surface area contributed by atoms with E-state index in [0.29, 0.717) is 11.3 Å². The fraction of sp³-hybridized carbons (Fsp3) is 0.176. The first-order valence-corrected chi connectivity index (χ1v) is 7.75. The highest BCUT2D eigenvalue weighted by Crippen LogP contribution is 2.22. The summed E-state index contributed by atoms with van der Waals surface area (Å²) in [6, 6.07) is 11.3. The second-order valence-corrected chi connectivity index (χ2v) is 6.38. The molecule has 0 fully saturated rings. The van der Waals surface area contributed by atoms with E-state index in [1.54, 1.807) is 11.6 Å². The Morgan fingerprint density at radius 2 is 1.91 bits per heavy atom. The van der Waals surface area contributed by atoms with Gasteiger partial charge in [0, 0.05) is 18.3 Å². The number of hydrogen-bond acceptors (Lipinski definition) is 3. The normalized spacial score (nSPS) is 10.9. The lowest BCUT2D eigenvalue weighted by atomic mass is 10.1. The maximum Gasteiger partial charge on any atom is 0.307 e. The summed E-state index contributed by atoms with van der Waals surface area (Å²) in [5.41, 5.74) is 4.22. The number of thiazole rings is 1. The van der Waals surface area contributed by atoms with Crippen LogP contribution >= 0.6 is 11.3 Å². The zero-order valence-corrected chi connectivity index (χ0v) is 13.5. The van der Waals surface area contributed by atoms with Crippen LogP contribution in [0.25, 0.3) is 10.2 Å². The lowest BCUT2D eigenvalue weighted by Gasteiger charge is -2.09. The van der Waals surface area contributed by atoms with Crippen molar-refractivity contribution >= 4 is 33.1 Å². The van der Waals surface area contributed by atoms with Gasteiger partial charge in [-0.15, -0.1) is 0 Å². The molecule has 22 heavy (non-hydrogen) atoms. The standard InChI is InChI=1S/C17H16N2O2S/c1-10-4-5-11(2)13(8-10)16(20)18-12-6-7-14-15(9-12)22-17(21)19(14)3/h4-9H,1-3H3,(H,18,20). The number of aryl methyl sites for hydroxylation is 3. The molecule has 0 unspecified atom stereocenters. The van der Waals surface area contributed by atoms with E-state index in [4.69, 9.17) is 0 Å². The molecule has 0 atom stereocenters. The van der Waals surface area contributed by atoms with Gasteiger partial charge in [-0.25, -0.2) is 0 Å². The van der Waals surface area contributed by atoms with Gasteiger partial charge in [0.1, 0.15) is 0 Å². The highest BCUT2D eigenvalue weighted by atomic mass is 32.1. The van der Waals surface area contributed by atoms with Gasteiger partial charge >= 0.3 is 4.87 Å². The van der Waals surface area contributed by atoms with E-state index in [9.17, 15) is 9.59 Å². The van der Waals surface area contributed by atoms with E-state index in [2.05, 4.69) is 5.32 Å². The second-order valence-electron chi connectivity index (χ2n) is 5.38. The largest absolute Gasteiger partial charge is 0.322 e. The molecule has 112 valence electrons. The molecule has 5 heteroatoms. The lowest BCUT2D eigenvalue weighted by Crippen LogP contribution is -2.13. The maximum atomic E-state index is 12.4. The Balaban J connectivity index is 1.94. The first-order valence-electron chi connectivity index (χ1n) is 6.94. The van der Waals surface area contributed by atoms with Crippen LogP contribution in [-0.4, -0.2) is 10.5 Å². The van der Waals surface area contributed by atoms with Crippen molar-refractivity contribution in [1.82, 2.24) is 4.57 Å². The molecular formula is C17H16N2O2S. The first-order chi connectivity index (χ1) is 10.5. The minimum atomic E-state index is -0.135. The average molecular weight is 312 g/mol. The number of fused-ring (bicyclic) bond motifs is 1. The molecule has 4 nitrogen and oxygen atoms in total. The van der Waals surface area contributed by atoms with E-state index in [1.807, 2.05) is 50.2 Å². The fourth-order valence-electron chi connectivity index (χ4n) is 2.39. The Bertz CT molecular complexity index is 937. The van der Waals surface area contributed by atoms with Crippen molar-refractivity contribution in [2.24, 2.45) is 7.05 Å². The van der Waals surface area contributed by atoms with Gasteiger partial charge in [0.2, 0.25) is 0 Å². The van der Waals surface area contributed by atoms with Crippen molar-refractivity contribution in [2.45, 2.75) is 13.8 Å². The molecule has 1 heterocycles. The van der Waals surface area contributed by atoms with Gasteiger partial charge in [0.05, 0.1) is 10.2 Å². The molecule has 0 aliphatic heterocycles. The molecule has 1 amide bonds. The van der Waals surface area contributed by atoms with Crippen LogP contribution in [0.1, 0.15) is 21.5 Å². The molecule has 0 spiro atoms. The number of carbonyl (C=O) groups excluding carboxylic acids is 1. The molecule has 1 N–H and O–H groups in total. The minimum absolute atomic E-state index is 0.00648. The SMILES string of the molecule is Cc1ccc(C)c(C(=O)Nc2ccc3c(c2)sc(=O)n3C)c1. The Labute approximate surface area is 132 Å². The zero-order chi connectivity index (χ0) is 15.9. The Morgan fingerprint density at radius 1 is 1.14 bits per heavy atom. The van der Waals surface area contributed by atoms with Gasteiger partial charge in [-0.2, -0.15) is 0 Å². The van der Waals surface area contributed by atoms with E-state index in [-0.39, 0.29) is 10.8 Å². The monoisotopic (exact) mass is 312 g/mol. The van der Waals surface area contributed by atoms with Crippen molar-refractivity contribution in [3.63, 3.8) is 0 Å². The molecule has 0 aliphatic carbocycles. The van der Waals surface area contributed by atoms with Crippen LogP contribution in [-0.2, 0) is 7.05 Å². The van der Waals surface area contributed by atoms with Crippen LogP contribution in [0.3, 0.4) is 0 Å². The molecule has 2 aromatic carbocycles. The average Bonchev–Trinajstić information content (AvgIpc) is 2.76. The molecule has 1 aromatic heterocycles. The number of amides is 1. The van der Waals surface area contributed by atoms with Gasteiger partial charge in [-0.05, 0) is 43.7 Å². The van der Waals surface area contributed by atoms with E-state index in [1.165, 1.54) is 11.3 Å². The van der Waals surface area contributed by atoms with Crippen LogP contribution in [0.4, 0.5) is 5.69 Å². The number of carbonyl (C=O) groups is 1. The molecule has 0 saturated heterocycles. The second kappa shape index (κ2) is 5.42. The number of aromatic nitrogens is 1. The van der Waals surface area contributed by atoms with E-state index >= 15 is 0 Å². The van der Waals surface area contributed by atoms with Crippen LogP contribution in [0, 0.1) is 13.8 Å². The zero-order valence-electron chi connectivity index (χ0n) is 12.6. The molecule has 3 aromatic rings. The first kappa shape index (κ1) is 14.5. The predicted octanol–water partition coefficient (Wildman–Crippen LogP) is 3.47. The summed E-state index contributed by atoms with van der Waals surface area (Å²) in [4.78, 5) is 24.1. The molecule has 0 aliphatic rings. The molecule has 0 radical (unpaired) electrons. The van der Waals surface area contributed by atoms with E-state index < -0.39 is 0 Å². The topological polar surface area (TPSA) is 51.1 Å². The fourth-order valence-corrected chi connectivity index (χ4v) is 3.31. The summed E-state index contributed by atoms with van der Waals surface area (Å²) in [5.74, 6) is -0.135. The van der Waals surface area contributed by atoms with Crippen molar-refractivity contribution in [2.75, 3.05) is 5.32 Å². The Morgan fingerprint density at radius 3 is 2.68 bits per heavy atom. The Hall–Kier alpha value is -2.40. The quantitative estimate of drug-likeness (QED) is 0.788. The molecule has 0 saturated carbocycles. The van der Waals surface area contributed by atoms with Gasteiger partial charge < -0.3 is 9.88 Å². The van der Waals surface area contributed by atoms with Crippen LogP contribution in [0.2, 0.25) is 0 Å². The number of benzene rings is 2. The predicted molar refractivity (Wildman–Crippen MR) is 90.9 cm³/mol. The number of nitrogens with zero attached hydrogens (tertiary/aromatic N) is 1. The van der Waals surface area contributed by atoms with E-state index in [0.717, 1.165) is 21.3 Å². The number of rotatable bonds is 2. The summed E-state index contributed by atoms with van der Waals surface area (Å²) in [6.45, 7) is 3.88. The number of hydrogen-bond donors (Lipinski definition) is 1. The van der Waals surface area contributed by atoms with Crippen LogP contribution in [0.5, 0.6) is 0 Å². The van der Waals surface area contributed by atoms with Gasteiger partial charge in [0.15, 0.2) is 0 Å². The third-order valence-electron chi connectivity index (χ3n) is 3.69. The van der Waals surface area contributed by atoms with Crippen LogP contribution in [0.15, 0.2) is 41.2 Å². The summed E-state index contributed by atoms with van der Waals surface area (Å²) in [7, 11) is 1.75. The van der Waals surface area contributed by atoms with Gasteiger partial charge in [0.25, 0.3) is 5.91 Å². The number of anilines is 1. The highest BCUT2D eigenvalue weighted by Gasteiger charge is 2.11. The highest BCUT2D eigenvalue weighted by molar-refractivity contribution is 7.16. The van der Waals surface area contributed by atoms with Crippen molar-refractivity contribution in [1.29, 1.82) is 0 Å². The smallest absolute Gasteiger partial charge is 0.307 e. The third-order valence-corrected chi connectivity index (χ3v) is 4.68. The minimum Gasteiger partial charge on any atom is -0.322 e. The van der Waals surface area contributed by atoms with Crippen molar-refractivity contribution in [3.8, 4) is 0 Å². The van der Waals surface area contributed by atoms with Crippen molar-refractivity contribution < 1.29 is 4.79 Å². The Kier molecular flexibility index (Phi) is 3.58. The van der Waals surface area contributed by atoms with Gasteiger partial charge in [-0.1, -0.05) is 29.0 Å². The molecule has 3 rings (SSSR count). The summed E-state index contributed by atoms with van der Waals surface area (Å²) >= 11 is 1.18. The molecular weight excluding hydrogens is 296 g/mol. The summed E-state index contributed by atoms with van der Waals surface area (Å²) < 4.78 is 2.47. The lowest BCUT2D eigenvalue weighted by molar-refractivity contribution is 0.102. The van der Waals surface area contributed by atoms with Gasteiger partial charge in [-0.3, -0.25) is 9.59 Å². The maximum absolute atomic E-state index is 12.4. The third kappa shape index (κ3) is 2.55. The molecule has 0 bridgehead atoms. The van der Waals surface area contributed by atoms with Crippen LogP contribution < -0.4 is 10.2 Å².